The first-order chi connectivity index (χ1) is 16.6. The number of thiophene rings is 1. The van der Waals surface area contributed by atoms with Gasteiger partial charge in [-0.25, -0.2) is 4.68 Å². The molecule has 2 amide bonds. The van der Waals surface area contributed by atoms with Gasteiger partial charge >= 0.3 is 0 Å². The van der Waals surface area contributed by atoms with E-state index in [1.807, 2.05) is 55.8 Å². The number of para-hydroxylation sites is 1. The fourth-order valence-corrected chi connectivity index (χ4v) is 6.45. The third-order valence-corrected chi connectivity index (χ3v) is 8.59. The zero-order valence-corrected chi connectivity index (χ0v) is 22.9. The molecular formula is C27H34N4O2S2. The molecule has 2 atom stereocenters. The van der Waals surface area contributed by atoms with Gasteiger partial charge in [0.05, 0.1) is 22.4 Å². The average Bonchev–Trinajstić information content (AvgIpc) is 3.44. The zero-order chi connectivity index (χ0) is 25.3. The van der Waals surface area contributed by atoms with Gasteiger partial charge in [-0.2, -0.15) is 5.10 Å². The summed E-state index contributed by atoms with van der Waals surface area (Å²) in [6.45, 7) is 12.5. The lowest BCUT2D eigenvalue weighted by atomic mass is 9.88. The minimum absolute atomic E-state index is 0.0327. The van der Waals surface area contributed by atoms with E-state index in [0.717, 1.165) is 28.9 Å². The summed E-state index contributed by atoms with van der Waals surface area (Å²) >= 11 is 3.31. The summed E-state index contributed by atoms with van der Waals surface area (Å²) in [6, 6.07) is 12.3. The highest BCUT2D eigenvalue weighted by atomic mass is 32.2. The molecule has 6 nitrogen and oxygen atoms in total. The van der Waals surface area contributed by atoms with Crippen LogP contribution in [0.4, 0.5) is 5.82 Å². The van der Waals surface area contributed by atoms with Crippen LogP contribution in [0.1, 0.15) is 68.0 Å². The lowest BCUT2D eigenvalue weighted by molar-refractivity contribution is -0.123. The maximum atomic E-state index is 13.6. The SMILES string of the molecule is CC[C@@H](C)NC(=O)CN1C(=O)CS[C@@H](c2cccs2)c2c(C(C)(C)C)nn(-c3ccccc3C)c21. The van der Waals surface area contributed by atoms with Crippen molar-refractivity contribution in [3.8, 4) is 5.69 Å². The minimum atomic E-state index is -0.258. The van der Waals surface area contributed by atoms with Crippen molar-refractivity contribution in [2.24, 2.45) is 0 Å². The summed E-state index contributed by atoms with van der Waals surface area (Å²) in [5.74, 6) is 0.764. The molecule has 3 aromatic rings. The Morgan fingerprint density at radius 2 is 1.97 bits per heavy atom. The van der Waals surface area contributed by atoms with Gasteiger partial charge in [0.25, 0.3) is 0 Å². The standard InChI is InChI=1S/C27H34N4O2S2/c1-7-18(3)28-21(32)15-30-22(33)16-35-24(20-13-10-14-34-20)23-25(27(4,5)6)29-31(26(23)30)19-12-9-8-11-17(19)2/h8-14,18,24H,7,15-16H2,1-6H3,(H,28,32)/t18-,24+/m1/s1. The molecule has 0 aliphatic carbocycles. The summed E-state index contributed by atoms with van der Waals surface area (Å²) in [5.41, 5.74) is 3.68. The first kappa shape index (κ1) is 25.5. The first-order valence-electron chi connectivity index (χ1n) is 12.1. The van der Waals surface area contributed by atoms with E-state index in [0.29, 0.717) is 11.6 Å². The third kappa shape index (κ3) is 5.19. The molecule has 1 N–H and O–H groups in total. The van der Waals surface area contributed by atoms with Crippen LogP contribution in [0.15, 0.2) is 41.8 Å². The zero-order valence-electron chi connectivity index (χ0n) is 21.3. The van der Waals surface area contributed by atoms with Gasteiger partial charge in [-0.1, -0.05) is 52.0 Å². The average molecular weight is 511 g/mol. The second kappa shape index (κ2) is 10.2. The Morgan fingerprint density at radius 1 is 1.23 bits per heavy atom. The number of rotatable bonds is 6. The molecule has 4 rings (SSSR count). The Morgan fingerprint density at radius 3 is 2.60 bits per heavy atom. The molecule has 8 heteroatoms. The predicted octanol–water partition coefficient (Wildman–Crippen LogP) is 5.62. The van der Waals surface area contributed by atoms with Crippen molar-refractivity contribution >= 4 is 40.7 Å². The molecule has 0 saturated heterocycles. The number of hydrogen-bond donors (Lipinski definition) is 1. The van der Waals surface area contributed by atoms with Gasteiger partial charge in [-0.15, -0.1) is 23.1 Å². The highest BCUT2D eigenvalue weighted by Gasteiger charge is 2.40. The van der Waals surface area contributed by atoms with Crippen molar-refractivity contribution in [1.29, 1.82) is 0 Å². The van der Waals surface area contributed by atoms with Crippen LogP contribution in [-0.2, 0) is 15.0 Å². The van der Waals surface area contributed by atoms with Gasteiger partial charge in [0.1, 0.15) is 12.4 Å². The number of carbonyl (C=O) groups excluding carboxylic acids is 2. The number of hydrogen-bond acceptors (Lipinski definition) is 5. The van der Waals surface area contributed by atoms with Crippen LogP contribution in [0, 0.1) is 6.92 Å². The molecule has 0 radical (unpaired) electrons. The van der Waals surface area contributed by atoms with Crippen molar-refractivity contribution in [1.82, 2.24) is 15.1 Å². The Labute approximate surface area is 216 Å². The lowest BCUT2D eigenvalue weighted by Gasteiger charge is -2.25. The molecule has 3 heterocycles. The topological polar surface area (TPSA) is 67.2 Å². The molecule has 35 heavy (non-hydrogen) atoms. The van der Waals surface area contributed by atoms with E-state index in [9.17, 15) is 9.59 Å². The predicted molar refractivity (Wildman–Crippen MR) is 146 cm³/mol. The number of anilines is 1. The normalized spacial score (nSPS) is 17.1. The van der Waals surface area contributed by atoms with Crippen LogP contribution in [-0.4, -0.2) is 39.9 Å². The molecule has 1 aromatic carbocycles. The maximum absolute atomic E-state index is 13.6. The van der Waals surface area contributed by atoms with E-state index in [4.69, 9.17) is 5.10 Å². The molecule has 0 saturated carbocycles. The van der Waals surface area contributed by atoms with Crippen LogP contribution < -0.4 is 10.2 Å². The van der Waals surface area contributed by atoms with Crippen molar-refractivity contribution in [3.05, 3.63) is 63.5 Å². The van der Waals surface area contributed by atoms with Gasteiger partial charge in [-0.05, 0) is 43.3 Å². The van der Waals surface area contributed by atoms with Gasteiger partial charge in [0.15, 0.2) is 0 Å². The number of fused-ring (bicyclic) bond motifs is 1. The highest BCUT2D eigenvalue weighted by Crippen LogP contribution is 2.49. The van der Waals surface area contributed by atoms with Gasteiger partial charge in [0, 0.05) is 21.9 Å². The smallest absolute Gasteiger partial charge is 0.240 e. The number of nitrogens with one attached hydrogen (secondary N) is 1. The number of carbonyl (C=O) groups is 2. The van der Waals surface area contributed by atoms with E-state index in [-0.39, 0.29) is 35.1 Å². The van der Waals surface area contributed by atoms with Gasteiger partial charge in [0.2, 0.25) is 11.8 Å². The van der Waals surface area contributed by atoms with E-state index < -0.39 is 0 Å². The Bertz CT molecular complexity index is 1210. The Hall–Kier alpha value is -2.58. The van der Waals surface area contributed by atoms with Gasteiger partial charge in [-0.3, -0.25) is 14.5 Å². The number of amides is 2. The van der Waals surface area contributed by atoms with Crippen molar-refractivity contribution < 1.29 is 9.59 Å². The fourth-order valence-electron chi connectivity index (χ4n) is 4.27. The van der Waals surface area contributed by atoms with Crippen molar-refractivity contribution in [3.63, 3.8) is 0 Å². The Kier molecular flexibility index (Phi) is 7.43. The summed E-state index contributed by atoms with van der Waals surface area (Å²) in [7, 11) is 0. The quantitative estimate of drug-likeness (QED) is 0.467. The largest absolute Gasteiger partial charge is 0.352 e. The molecule has 0 unspecified atom stereocenters. The number of nitrogens with zero attached hydrogens (tertiary/aromatic N) is 3. The second-order valence-electron chi connectivity index (χ2n) is 10.1. The summed E-state index contributed by atoms with van der Waals surface area (Å²) in [6.07, 6.45) is 0.830. The molecule has 0 spiro atoms. The second-order valence-corrected chi connectivity index (χ2v) is 12.2. The minimum Gasteiger partial charge on any atom is -0.352 e. The number of aryl methyl sites for hydroxylation is 1. The van der Waals surface area contributed by atoms with Crippen molar-refractivity contribution in [2.45, 2.75) is 64.7 Å². The molecule has 2 aromatic heterocycles. The monoisotopic (exact) mass is 510 g/mol. The summed E-state index contributed by atoms with van der Waals surface area (Å²) < 4.78 is 1.90. The van der Waals surface area contributed by atoms with E-state index >= 15 is 0 Å². The number of thioether (sulfide) groups is 1. The molecule has 186 valence electrons. The van der Waals surface area contributed by atoms with Crippen LogP contribution >= 0.6 is 23.1 Å². The fraction of sp³-hybridized carbons (Fsp3) is 0.444. The highest BCUT2D eigenvalue weighted by molar-refractivity contribution is 8.00. The molecule has 1 aliphatic rings. The summed E-state index contributed by atoms with van der Waals surface area (Å²) in [4.78, 5) is 29.5. The maximum Gasteiger partial charge on any atom is 0.240 e. The van der Waals surface area contributed by atoms with Crippen LogP contribution in [0.25, 0.3) is 5.69 Å². The van der Waals surface area contributed by atoms with E-state index in [2.05, 4.69) is 37.5 Å². The molecule has 0 fully saturated rings. The van der Waals surface area contributed by atoms with Gasteiger partial charge < -0.3 is 5.32 Å². The molecule has 0 bridgehead atoms. The van der Waals surface area contributed by atoms with Crippen molar-refractivity contribution in [2.75, 3.05) is 17.2 Å². The first-order valence-corrected chi connectivity index (χ1v) is 14.0. The number of aromatic nitrogens is 2. The third-order valence-electron chi connectivity index (χ3n) is 6.27. The summed E-state index contributed by atoms with van der Waals surface area (Å²) in [5, 5.41) is 10.2. The Balaban J connectivity index is 1.98. The van der Waals surface area contributed by atoms with Crippen LogP contribution in [0.3, 0.4) is 0 Å². The van der Waals surface area contributed by atoms with E-state index in [1.54, 1.807) is 28.0 Å². The van der Waals surface area contributed by atoms with Crippen LogP contribution in [0.2, 0.25) is 0 Å². The number of benzene rings is 1. The van der Waals surface area contributed by atoms with E-state index in [1.165, 1.54) is 4.88 Å². The lowest BCUT2D eigenvalue weighted by Crippen LogP contribution is -2.44. The van der Waals surface area contributed by atoms with Crippen LogP contribution in [0.5, 0.6) is 0 Å². The molecular weight excluding hydrogens is 476 g/mol. The molecule has 1 aliphatic heterocycles.